The highest BCUT2D eigenvalue weighted by atomic mass is 79.9. The highest BCUT2D eigenvalue weighted by molar-refractivity contribution is 9.10. The second kappa shape index (κ2) is 10.7. The van der Waals surface area contributed by atoms with Gasteiger partial charge in [-0.2, -0.15) is 0 Å². The first-order valence-electron chi connectivity index (χ1n) is 9.12. The zero-order chi connectivity index (χ0) is 18.1. The minimum atomic E-state index is 0.205. The van der Waals surface area contributed by atoms with Crippen molar-refractivity contribution in [2.75, 3.05) is 44.7 Å². The monoisotopic (exact) mass is 408 g/mol. The smallest absolute Gasteiger partial charge is 0.225 e. The first-order chi connectivity index (χ1) is 12.1. The van der Waals surface area contributed by atoms with Gasteiger partial charge in [0.2, 0.25) is 5.95 Å². The molecule has 1 aromatic heterocycles. The predicted octanol–water partition coefficient (Wildman–Crippen LogP) is 2.80. The Hall–Kier alpha value is -1.16. The Bertz CT molecular complexity index is 561. The van der Waals surface area contributed by atoms with Crippen LogP contribution in [0.2, 0.25) is 0 Å². The summed E-state index contributed by atoms with van der Waals surface area (Å²) in [6.07, 6.45) is 8.38. The fourth-order valence-corrected chi connectivity index (χ4v) is 3.46. The molecule has 0 aromatic carbocycles. The van der Waals surface area contributed by atoms with Crippen molar-refractivity contribution in [2.24, 2.45) is 11.8 Å². The lowest BCUT2D eigenvalue weighted by molar-refractivity contribution is 0.216. The Morgan fingerprint density at radius 1 is 1.24 bits per heavy atom. The molecule has 0 saturated heterocycles. The van der Waals surface area contributed by atoms with E-state index in [1.54, 1.807) is 12.4 Å². The van der Waals surface area contributed by atoms with Gasteiger partial charge in [-0.3, -0.25) is 4.90 Å². The summed E-state index contributed by atoms with van der Waals surface area (Å²) >= 11 is 3.37. The summed E-state index contributed by atoms with van der Waals surface area (Å²) in [7, 11) is 2.07. The predicted molar refractivity (Wildman–Crippen MR) is 105 cm³/mol. The molecule has 1 aliphatic rings. The van der Waals surface area contributed by atoms with E-state index in [1.807, 2.05) is 0 Å². The lowest BCUT2D eigenvalue weighted by Gasteiger charge is -2.29. The van der Waals surface area contributed by atoms with E-state index in [4.69, 9.17) is 5.11 Å². The molecule has 2 rings (SSSR count). The summed E-state index contributed by atoms with van der Waals surface area (Å²) in [6, 6.07) is 0. The van der Waals surface area contributed by atoms with Crippen molar-refractivity contribution in [3.05, 3.63) is 16.9 Å². The molecule has 1 N–H and O–H groups in total. The van der Waals surface area contributed by atoms with Crippen molar-refractivity contribution < 1.29 is 5.11 Å². The molecule has 0 atom stereocenters. The maximum absolute atomic E-state index is 9.01. The summed E-state index contributed by atoms with van der Waals surface area (Å²) in [5.41, 5.74) is 0. The number of hydrogen-bond acceptors (Lipinski definition) is 5. The molecule has 1 aliphatic carbocycles. The molecule has 1 heterocycles. The van der Waals surface area contributed by atoms with E-state index in [9.17, 15) is 0 Å². The van der Waals surface area contributed by atoms with Gasteiger partial charge in [-0.05, 0) is 54.1 Å². The fraction of sp³-hybridized carbons (Fsp3) is 0.684. The third-order valence-corrected chi connectivity index (χ3v) is 5.21. The molecule has 0 bridgehead atoms. The van der Waals surface area contributed by atoms with E-state index in [0.717, 1.165) is 30.1 Å². The van der Waals surface area contributed by atoms with Crippen LogP contribution in [0, 0.1) is 23.7 Å². The number of hydrogen-bond donors (Lipinski definition) is 1. The summed E-state index contributed by atoms with van der Waals surface area (Å²) in [4.78, 5) is 13.0. The molecule has 0 unspecified atom stereocenters. The van der Waals surface area contributed by atoms with Crippen molar-refractivity contribution in [1.29, 1.82) is 0 Å². The van der Waals surface area contributed by atoms with Gasteiger partial charge in [0, 0.05) is 38.4 Å². The van der Waals surface area contributed by atoms with Crippen LogP contribution in [0.5, 0.6) is 0 Å². The minimum Gasteiger partial charge on any atom is -0.395 e. The Kier molecular flexibility index (Phi) is 8.66. The van der Waals surface area contributed by atoms with Crippen LogP contribution >= 0.6 is 15.9 Å². The summed E-state index contributed by atoms with van der Waals surface area (Å²) < 4.78 is 0.907. The Morgan fingerprint density at radius 2 is 1.92 bits per heavy atom. The van der Waals surface area contributed by atoms with Gasteiger partial charge < -0.3 is 10.0 Å². The average Bonchev–Trinajstić information content (AvgIpc) is 2.63. The molecule has 138 valence electrons. The standard InChI is InChI=1S/C19H29BrN4O/c1-3-24(11-12-25)10-4-5-16-6-8-17(9-7-16)15-23(2)19-21-13-18(20)14-22-19/h13-14,16-17,25H,3,6-12,15H2,1-2H3. The average molecular weight is 409 g/mol. The molecule has 1 fully saturated rings. The summed E-state index contributed by atoms with van der Waals surface area (Å²) in [5, 5.41) is 9.01. The molecule has 0 aliphatic heterocycles. The van der Waals surface area contributed by atoms with Crippen LogP contribution in [-0.2, 0) is 0 Å². The van der Waals surface area contributed by atoms with Crippen molar-refractivity contribution in [3.63, 3.8) is 0 Å². The van der Waals surface area contributed by atoms with Crippen LogP contribution in [-0.4, -0.2) is 59.8 Å². The highest BCUT2D eigenvalue weighted by Crippen LogP contribution is 2.29. The van der Waals surface area contributed by atoms with E-state index < -0.39 is 0 Å². The van der Waals surface area contributed by atoms with E-state index in [0.29, 0.717) is 18.4 Å². The Balaban J connectivity index is 1.73. The van der Waals surface area contributed by atoms with Crippen molar-refractivity contribution >= 4 is 21.9 Å². The van der Waals surface area contributed by atoms with Gasteiger partial charge in [0.1, 0.15) is 0 Å². The van der Waals surface area contributed by atoms with Gasteiger partial charge in [-0.1, -0.05) is 18.8 Å². The number of likely N-dealkylation sites (N-methyl/N-ethyl adjacent to an activating group) is 1. The fourth-order valence-electron chi connectivity index (χ4n) is 3.25. The number of aliphatic hydroxyl groups excluding tert-OH is 1. The molecular weight excluding hydrogens is 380 g/mol. The van der Waals surface area contributed by atoms with E-state index >= 15 is 0 Å². The molecule has 1 saturated carbocycles. The van der Waals surface area contributed by atoms with Gasteiger partial charge in [-0.15, -0.1) is 0 Å². The van der Waals surface area contributed by atoms with E-state index in [2.05, 4.69) is 61.5 Å². The summed E-state index contributed by atoms with van der Waals surface area (Å²) in [5.74, 6) is 8.75. The van der Waals surface area contributed by atoms with Crippen molar-refractivity contribution in [1.82, 2.24) is 14.9 Å². The van der Waals surface area contributed by atoms with Crippen LogP contribution in [0.1, 0.15) is 32.6 Å². The van der Waals surface area contributed by atoms with Crippen LogP contribution < -0.4 is 4.90 Å². The second-order valence-electron chi connectivity index (χ2n) is 6.71. The van der Waals surface area contributed by atoms with Crippen LogP contribution in [0.15, 0.2) is 16.9 Å². The van der Waals surface area contributed by atoms with Crippen LogP contribution in [0.4, 0.5) is 5.95 Å². The second-order valence-corrected chi connectivity index (χ2v) is 7.63. The third kappa shape index (κ3) is 6.93. The molecule has 0 spiro atoms. The normalized spacial score (nSPS) is 20.2. The van der Waals surface area contributed by atoms with Gasteiger partial charge in [0.15, 0.2) is 0 Å². The first kappa shape index (κ1) is 20.2. The van der Waals surface area contributed by atoms with Gasteiger partial charge in [0.25, 0.3) is 0 Å². The topological polar surface area (TPSA) is 52.5 Å². The van der Waals surface area contributed by atoms with Crippen molar-refractivity contribution in [2.45, 2.75) is 32.6 Å². The highest BCUT2D eigenvalue weighted by Gasteiger charge is 2.21. The maximum Gasteiger partial charge on any atom is 0.225 e. The number of nitrogens with zero attached hydrogens (tertiary/aromatic N) is 4. The third-order valence-electron chi connectivity index (χ3n) is 4.80. The number of aliphatic hydroxyl groups is 1. The Morgan fingerprint density at radius 3 is 2.52 bits per heavy atom. The quantitative estimate of drug-likeness (QED) is 0.702. The molecule has 0 amide bonds. The molecule has 6 heteroatoms. The molecule has 5 nitrogen and oxygen atoms in total. The largest absolute Gasteiger partial charge is 0.395 e. The van der Waals surface area contributed by atoms with Gasteiger partial charge in [0.05, 0.1) is 17.6 Å². The van der Waals surface area contributed by atoms with Gasteiger partial charge in [-0.25, -0.2) is 9.97 Å². The molecular formula is C19H29BrN4O. The lowest BCUT2D eigenvalue weighted by Crippen LogP contribution is -2.29. The number of aromatic nitrogens is 2. The molecule has 0 radical (unpaired) electrons. The molecule has 1 aromatic rings. The summed E-state index contributed by atoms with van der Waals surface area (Å²) in [6.45, 7) is 5.72. The van der Waals surface area contributed by atoms with Crippen molar-refractivity contribution in [3.8, 4) is 11.8 Å². The minimum absolute atomic E-state index is 0.205. The lowest BCUT2D eigenvalue weighted by atomic mass is 9.82. The number of rotatable bonds is 7. The zero-order valence-electron chi connectivity index (χ0n) is 15.3. The van der Waals surface area contributed by atoms with Gasteiger partial charge >= 0.3 is 0 Å². The Labute approximate surface area is 160 Å². The van der Waals surface area contributed by atoms with Crippen LogP contribution in [0.25, 0.3) is 0 Å². The van der Waals surface area contributed by atoms with E-state index in [1.165, 1.54) is 25.7 Å². The van der Waals surface area contributed by atoms with E-state index in [-0.39, 0.29) is 6.61 Å². The zero-order valence-corrected chi connectivity index (χ0v) is 16.9. The first-order valence-corrected chi connectivity index (χ1v) is 9.92. The maximum atomic E-state index is 9.01. The van der Waals surface area contributed by atoms with Crippen LogP contribution in [0.3, 0.4) is 0 Å². The molecule has 25 heavy (non-hydrogen) atoms. The SMILES string of the molecule is CCN(CC#CC1CCC(CN(C)c2ncc(Br)cn2)CC1)CCO. The number of anilines is 1. The number of halogens is 1.